The number of H-pyrrole nitrogens is 2. The van der Waals surface area contributed by atoms with Gasteiger partial charge in [0.2, 0.25) is 5.91 Å². The van der Waals surface area contributed by atoms with E-state index >= 15 is 0 Å². The molecule has 0 fully saturated rings. The number of rotatable bonds is 2. The average Bonchev–Trinajstić information content (AvgIpc) is 2.54. The van der Waals surface area contributed by atoms with Gasteiger partial charge in [0.1, 0.15) is 0 Å². The summed E-state index contributed by atoms with van der Waals surface area (Å²) in [5, 5.41) is 2.74. The topological polar surface area (TPSA) is 81.0 Å². The Balaban J connectivity index is 2.65. The molecule has 0 saturated heterocycles. The van der Waals surface area contributed by atoms with Crippen LogP contribution in [0.4, 0.5) is 11.4 Å². The summed E-state index contributed by atoms with van der Waals surface area (Å²) >= 11 is 0. The number of nitrogens with one attached hydrogen (secondary N) is 3. The fraction of sp³-hybridized carbons (Fsp3) is 0.273. The number of hydrogen-bond acceptors (Lipinski definition) is 3. The van der Waals surface area contributed by atoms with E-state index in [0.29, 0.717) is 16.7 Å². The number of nitrogens with zero attached hydrogens (tertiary/aromatic N) is 1. The number of hydrogen-bond donors (Lipinski definition) is 3. The lowest BCUT2D eigenvalue weighted by atomic mass is 10.2. The summed E-state index contributed by atoms with van der Waals surface area (Å²) in [6, 6.07) is 3.56. The van der Waals surface area contributed by atoms with Crippen LogP contribution in [0.2, 0.25) is 0 Å². The van der Waals surface area contributed by atoms with Gasteiger partial charge in [-0.05, 0) is 12.1 Å². The Kier molecular flexibility index (Phi) is 2.63. The predicted octanol–water partition coefficient (Wildman–Crippen LogP) is 0.881. The van der Waals surface area contributed by atoms with Gasteiger partial charge in [-0.1, -0.05) is 0 Å². The van der Waals surface area contributed by atoms with Gasteiger partial charge in [0.25, 0.3) is 0 Å². The largest absolute Gasteiger partial charge is 0.376 e. The van der Waals surface area contributed by atoms with Crippen molar-refractivity contribution in [2.24, 2.45) is 0 Å². The van der Waals surface area contributed by atoms with Crippen molar-refractivity contribution >= 4 is 28.3 Å². The molecule has 0 aliphatic carbocycles. The van der Waals surface area contributed by atoms with E-state index in [9.17, 15) is 9.59 Å². The summed E-state index contributed by atoms with van der Waals surface area (Å²) in [4.78, 5) is 29.5. The Labute approximate surface area is 97.6 Å². The van der Waals surface area contributed by atoms with Crippen LogP contribution in [0.15, 0.2) is 16.9 Å². The normalized spacial score (nSPS) is 10.5. The van der Waals surface area contributed by atoms with E-state index in [0.717, 1.165) is 5.69 Å². The molecule has 0 aliphatic heterocycles. The molecule has 6 heteroatoms. The number of fused-ring (bicyclic) bond motifs is 1. The summed E-state index contributed by atoms with van der Waals surface area (Å²) in [6.45, 7) is 1.45. The summed E-state index contributed by atoms with van der Waals surface area (Å²) in [6.07, 6.45) is 0. The molecule has 2 rings (SSSR count). The second kappa shape index (κ2) is 3.97. The van der Waals surface area contributed by atoms with Crippen LogP contribution < -0.4 is 15.9 Å². The van der Waals surface area contributed by atoms with Crippen molar-refractivity contribution in [1.82, 2.24) is 9.97 Å². The van der Waals surface area contributed by atoms with Crippen LogP contribution in [0.25, 0.3) is 11.0 Å². The molecular formula is C11H14N4O2. The standard InChI is InChI=1S/C11H14N4O2/c1-6(16)12-9-4-7-8(14-11(17)13-7)5-10(9)15(2)3/h4-5H,1-3H3,(H,12,16)(H2,13,14,17). The number of anilines is 2. The molecule has 0 atom stereocenters. The Morgan fingerprint density at radius 1 is 1.24 bits per heavy atom. The van der Waals surface area contributed by atoms with Crippen LogP contribution >= 0.6 is 0 Å². The van der Waals surface area contributed by atoms with Gasteiger partial charge < -0.3 is 20.2 Å². The van der Waals surface area contributed by atoms with Crippen molar-refractivity contribution in [3.8, 4) is 0 Å². The molecule has 0 saturated carbocycles. The molecular weight excluding hydrogens is 220 g/mol. The number of amides is 1. The Morgan fingerprint density at radius 2 is 1.82 bits per heavy atom. The summed E-state index contributed by atoms with van der Waals surface area (Å²) in [7, 11) is 3.74. The third kappa shape index (κ3) is 2.15. The first-order chi connectivity index (χ1) is 7.97. The summed E-state index contributed by atoms with van der Waals surface area (Å²) in [5.74, 6) is -0.148. The van der Waals surface area contributed by atoms with Crippen LogP contribution in [0.3, 0.4) is 0 Å². The van der Waals surface area contributed by atoms with Gasteiger partial charge in [0.15, 0.2) is 0 Å². The maximum atomic E-state index is 11.2. The molecule has 2 aromatic rings. The second-order valence-electron chi connectivity index (χ2n) is 4.07. The van der Waals surface area contributed by atoms with Gasteiger partial charge in [-0.15, -0.1) is 0 Å². The lowest BCUT2D eigenvalue weighted by molar-refractivity contribution is -0.114. The fourth-order valence-electron chi connectivity index (χ4n) is 1.73. The van der Waals surface area contributed by atoms with Crippen LogP contribution in [-0.2, 0) is 4.79 Å². The lowest BCUT2D eigenvalue weighted by Gasteiger charge is -2.17. The van der Waals surface area contributed by atoms with Gasteiger partial charge in [0, 0.05) is 21.0 Å². The quantitative estimate of drug-likeness (QED) is 0.721. The Morgan fingerprint density at radius 3 is 2.35 bits per heavy atom. The first-order valence-electron chi connectivity index (χ1n) is 5.18. The zero-order chi connectivity index (χ0) is 12.6. The number of aromatic amines is 2. The van der Waals surface area contributed by atoms with Crippen LogP contribution in [0, 0.1) is 0 Å². The minimum absolute atomic E-state index is 0.148. The first-order valence-corrected chi connectivity index (χ1v) is 5.18. The van der Waals surface area contributed by atoms with Gasteiger partial charge in [-0.25, -0.2) is 4.79 Å². The third-order valence-electron chi connectivity index (χ3n) is 2.42. The lowest BCUT2D eigenvalue weighted by Crippen LogP contribution is -2.14. The van der Waals surface area contributed by atoms with Crippen molar-refractivity contribution in [1.29, 1.82) is 0 Å². The van der Waals surface area contributed by atoms with Crippen molar-refractivity contribution in [3.05, 3.63) is 22.6 Å². The maximum Gasteiger partial charge on any atom is 0.323 e. The van der Waals surface area contributed by atoms with Gasteiger partial charge in [-0.3, -0.25) is 4.79 Å². The number of imidazole rings is 1. The van der Waals surface area contributed by atoms with Crippen LogP contribution in [-0.4, -0.2) is 30.0 Å². The molecule has 1 amide bonds. The second-order valence-corrected chi connectivity index (χ2v) is 4.07. The molecule has 6 nitrogen and oxygen atoms in total. The number of carbonyl (C=O) groups excluding carboxylic acids is 1. The van der Waals surface area contributed by atoms with E-state index in [-0.39, 0.29) is 11.6 Å². The highest BCUT2D eigenvalue weighted by Gasteiger charge is 2.09. The van der Waals surface area contributed by atoms with Gasteiger partial charge >= 0.3 is 5.69 Å². The maximum absolute atomic E-state index is 11.2. The molecule has 0 unspecified atom stereocenters. The third-order valence-corrected chi connectivity index (χ3v) is 2.42. The SMILES string of the molecule is CC(=O)Nc1cc2[nH]c(=O)[nH]c2cc1N(C)C. The van der Waals surface area contributed by atoms with Gasteiger partial charge in [0.05, 0.1) is 22.4 Å². The molecule has 17 heavy (non-hydrogen) atoms. The summed E-state index contributed by atoms with van der Waals surface area (Å²) < 4.78 is 0. The molecule has 0 bridgehead atoms. The molecule has 1 aromatic carbocycles. The number of aromatic nitrogens is 2. The fourth-order valence-corrected chi connectivity index (χ4v) is 1.73. The first kappa shape index (κ1) is 11.3. The summed E-state index contributed by atoms with van der Waals surface area (Å²) in [5.41, 5.74) is 2.63. The van der Waals surface area contributed by atoms with Crippen molar-refractivity contribution < 1.29 is 4.79 Å². The van der Waals surface area contributed by atoms with Crippen molar-refractivity contribution in [2.45, 2.75) is 6.92 Å². The average molecular weight is 234 g/mol. The highest BCUT2D eigenvalue weighted by Crippen LogP contribution is 2.28. The van der Waals surface area contributed by atoms with Gasteiger partial charge in [-0.2, -0.15) is 0 Å². The van der Waals surface area contributed by atoms with E-state index in [2.05, 4.69) is 15.3 Å². The zero-order valence-corrected chi connectivity index (χ0v) is 9.92. The molecule has 1 heterocycles. The minimum atomic E-state index is -0.260. The smallest absolute Gasteiger partial charge is 0.323 e. The van der Waals surface area contributed by atoms with Crippen molar-refractivity contribution in [2.75, 3.05) is 24.3 Å². The molecule has 1 aromatic heterocycles. The van der Waals surface area contributed by atoms with Crippen molar-refractivity contribution in [3.63, 3.8) is 0 Å². The number of carbonyl (C=O) groups is 1. The van der Waals surface area contributed by atoms with E-state index in [1.807, 2.05) is 25.1 Å². The van der Waals surface area contributed by atoms with E-state index in [4.69, 9.17) is 0 Å². The van der Waals surface area contributed by atoms with E-state index in [1.54, 1.807) is 6.07 Å². The van der Waals surface area contributed by atoms with Crippen LogP contribution in [0.1, 0.15) is 6.92 Å². The highest BCUT2D eigenvalue weighted by atomic mass is 16.1. The predicted molar refractivity (Wildman–Crippen MR) is 67.6 cm³/mol. The number of benzene rings is 1. The molecule has 0 aliphatic rings. The molecule has 3 N–H and O–H groups in total. The Hall–Kier alpha value is -2.24. The Bertz CT molecular complexity index is 624. The van der Waals surface area contributed by atoms with Crippen LogP contribution in [0.5, 0.6) is 0 Å². The molecule has 90 valence electrons. The van der Waals surface area contributed by atoms with E-state index in [1.165, 1.54) is 6.92 Å². The highest BCUT2D eigenvalue weighted by molar-refractivity contribution is 5.97. The zero-order valence-electron chi connectivity index (χ0n) is 9.92. The van der Waals surface area contributed by atoms with E-state index < -0.39 is 0 Å². The minimum Gasteiger partial charge on any atom is -0.376 e. The monoisotopic (exact) mass is 234 g/mol. The molecule has 0 spiro atoms. The molecule has 0 radical (unpaired) electrons.